The molecule has 0 aliphatic rings. The van der Waals surface area contributed by atoms with Crippen molar-refractivity contribution in [1.82, 2.24) is 9.97 Å². The summed E-state index contributed by atoms with van der Waals surface area (Å²) in [6, 6.07) is 2.00. The van der Waals surface area contributed by atoms with Gasteiger partial charge in [-0.15, -0.1) is 11.3 Å². The Morgan fingerprint density at radius 2 is 2.11 bits per heavy atom. The Kier molecular flexibility index (Phi) is 4.77. The lowest BCUT2D eigenvalue weighted by atomic mass is 10.3. The summed E-state index contributed by atoms with van der Waals surface area (Å²) in [4.78, 5) is 10.9. The van der Waals surface area contributed by atoms with Crippen molar-refractivity contribution < 1.29 is 4.74 Å². The summed E-state index contributed by atoms with van der Waals surface area (Å²) >= 11 is 14.6. The highest BCUT2D eigenvalue weighted by atomic mass is 79.9. The van der Waals surface area contributed by atoms with Gasteiger partial charge in [-0.05, 0) is 44.8 Å². The Bertz CT molecular complexity index is 569. The summed E-state index contributed by atoms with van der Waals surface area (Å²) in [5.74, 6) is 0.619. The van der Waals surface area contributed by atoms with Gasteiger partial charge in [0.1, 0.15) is 5.15 Å². The van der Waals surface area contributed by atoms with E-state index in [9.17, 15) is 0 Å². The Morgan fingerprint density at radius 1 is 1.39 bits per heavy atom. The first-order valence-corrected chi connectivity index (χ1v) is 7.78. The summed E-state index contributed by atoms with van der Waals surface area (Å²) in [6.45, 7) is 2.43. The molecule has 0 saturated carbocycles. The fraction of sp³-hybridized carbons (Fsp3) is 0.273. The van der Waals surface area contributed by atoms with E-state index in [1.165, 1.54) is 4.88 Å². The summed E-state index contributed by atoms with van der Waals surface area (Å²) < 4.78 is 6.84. The highest BCUT2D eigenvalue weighted by molar-refractivity contribution is 9.11. The average Bonchev–Trinajstić information content (AvgIpc) is 2.65. The van der Waals surface area contributed by atoms with Crippen LogP contribution in [-0.2, 0) is 11.3 Å². The quantitative estimate of drug-likeness (QED) is 0.677. The summed E-state index contributed by atoms with van der Waals surface area (Å²) in [5.41, 5.74) is 0.745. The third-order valence-electron chi connectivity index (χ3n) is 2.24. The third-order valence-corrected chi connectivity index (χ3v) is 5.71. The summed E-state index contributed by atoms with van der Waals surface area (Å²) in [5, 5.41) is 0.397. The van der Waals surface area contributed by atoms with Crippen LogP contribution >= 0.6 is 54.8 Å². The maximum absolute atomic E-state index is 6.09. The second kappa shape index (κ2) is 5.96. The Hall–Kier alpha value is -0.0100. The number of thiophene rings is 1. The van der Waals surface area contributed by atoms with Crippen molar-refractivity contribution in [3.8, 4) is 10.7 Å². The van der Waals surface area contributed by atoms with Crippen LogP contribution in [0.25, 0.3) is 10.7 Å². The largest absolute Gasteiger partial charge is 0.378 e. The normalized spacial score (nSPS) is 10.9. The molecule has 0 atom stereocenters. The first-order chi connectivity index (χ1) is 8.52. The average molecular weight is 413 g/mol. The van der Waals surface area contributed by atoms with Crippen molar-refractivity contribution >= 4 is 54.8 Å². The number of aryl methyl sites for hydroxylation is 1. The van der Waals surface area contributed by atoms with Crippen LogP contribution < -0.4 is 0 Å². The molecule has 0 bridgehead atoms. The first-order valence-electron chi connectivity index (χ1n) is 5.00. The number of ether oxygens (including phenoxy) is 1. The van der Waals surface area contributed by atoms with Gasteiger partial charge < -0.3 is 4.74 Å². The zero-order chi connectivity index (χ0) is 13.3. The van der Waals surface area contributed by atoms with Gasteiger partial charge >= 0.3 is 0 Å². The van der Waals surface area contributed by atoms with Crippen molar-refractivity contribution in [2.75, 3.05) is 7.11 Å². The highest BCUT2D eigenvalue weighted by Gasteiger charge is 2.14. The Labute approximate surface area is 131 Å². The molecule has 96 valence electrons. The van der Waals surface area contributed by atoms with Crippen LogP contribution in [0.4, 0.5) is 0 Å². The van der Waals surface area contributed by atoms with E-state index in [2.05, 4.69) is 41.8 Å². The van der Waals surface area contributed by atoms with Gasteiger partial charge in [0.2, 0.25) is 0 Å². The van der Waals surface area contributed by atoms with Gasteiger partial charge in [-0.2, -0.15) is 0 Å². The minimum Gasteiger partial charge on any atom is -0.378 e. The number of methoxy groups -OCH3 is 1. The molecule has 3 nitrogen and oxygen atoms in total. The van der Waals surface area contributed by atoms with E-state index in [-0.39, 0.29) is 0 Å². The van der Waals surface area contributed by atoms with Crippen molar-refractivity contribution in [3.05, 3.63) is 30.7 Å². The molecule has 0 N–H and O–H groups in total. The maximum Gasteiger partial charge on any atom is 0.171 e. The van der Waals surface area contributed by atoms with E-state index >= 15 is 0 Å². The van der Waals surface area contributed by atoms with E-state index < -0.39 is 0 Å². The molecule has 0 fully saturated rings. The monoisotopic (exact) mass is 410 g/mol. The maximum atomic E-state index is 6.09. The molecule has 0 aliphatic heterocycles. The molecular weight excluding hydrogens is 403 g/mol. The van der Waals surface area contributed by atoms with Crippen LogP contribution in [0, 0.1) is 6.92 Å². The molecule has 0 aromatic carbocycles. The number of hydrogen-bond acceptors (Lipinski definition) is 4. The molecule has 0 saturated heterocycles. The first kappa shape index (κ1) is 14.4. The number of hydrogen-bond donors (Lipinski definition) is 0. The standard InChI is InChI=1S/C11H9Br2ClN2OS/c1-5-6(12)3-8(18-5)11-15-7(4-17-2)9(13)10(14)16-11/h3H,4H2,1-2H3. The number of halogens is 3. The number of nitrogens with zero attached hydrogens (tertiary/aromatic N) is 2. The molecule has 7 heteroatoms. The van der Waals surface area contributed by atoms with Gasteiger partial charge in [-0.1, -0.05) is 11.6 Å². The Morgan fingerprint density at radius 3 is 2.67 bits per heavy atom. The van der Waals surface area contributed by atoms with E-state index in [0.29, 0.717) is 22.1 Å². The highest BCUT2D eigenvalue weighted by Crippen LogP contribution is 2.34. The van der Waals surface area contributed by atoms with Crippen LogP contribution in [0.1, 0.15) is 10.6 Å². The molecule has 0 aliphatic carbocycles. The molecule has 0 radical (unpaired) electrons. The lowest BCUT2D eigenvalue weighted by Crippen LogP contribution is -1.99. The van der Waals surface area contributed by atoms with Gasteiger partial charge in [0.05, 0.1) is 21.7 Å². The van der Waals surface area contributed by atoms with Crippen LogP contribution in [0.5, 0.6) is 0 Å². The molecule has 18 heavy (non-hydrogen) atoms. The zero-order valence-corrected chi connectivity index (χ0v) is 14.4. The third kappa shape index (κ3) is 2.93. The molecular formula is C11H9Br2ClN2OS. The minimum absolute atomic E-state index is 0.390. The van der Waals surface area contributed by atoms with Crippen molar-refractivity contribution in [2.24, 2.45) is 0 Å². The van der Waals surface area contributed by atoms with Crippen LogP contribution in [0.3, 0.4) is 0 Å². The van der Waals surface area contributed by atoms with Gasteiger partial charge in [-0.25, -0.2) is 9.97 Å². The van der Waals surface area contributed by atoms with Gasteiger partial charge in [0.25, 0.3) is 0 Å². The predicted octanol–water partition coefficient (Wildman–Crippen LogP) is 4.84. The predicted molar refractivity (Wildman–Crippen MR) is 81.2 cm³/mol. The SMILES string of the molecule is COCc1nc(-c2cc(Br)c(C)s2)nc(Cl)c1Br. The molecule has 2 rings (SSSR count). The van der Waals surface area contributed by atoms with E-state index in [1.807, 2.05) is 13.0 Å². The summed E-state index contributed by atoms with van der Waals surface area (Å²) in [6.07, 6.45) is 0. The Balaban J connectivity index is 2.51. The van der Waals surface area contributed by atoms with Crippen molar-refractivity contribution in [3.63, 3.8) is 0 Å². The zero-order valence-electron chi connectivity index (χ0n) is 9.63. The number of rotatable bonds is 3. The lowest BCUT2D eigenvalue weighted by Gasteiger charge is -2.06. The van der Waals surface area contributed by atoms with Gasteiger partial charge in [-0.3, -0.25) is 0 Å². The van der Waals surface area contributed by atoms with Crippen LogP contribution in [0.15, 0.2) is 15.0 Å². The van der Waals surface area contributed by atoms with Crippen molar-refractivity contribution in [1.29, 1.82) is 0 Å². The van der Waals surface area contributed by atoms with Crippen LogP contribution in [0.2, 0.25) is 5.15 Å². The van der Waals surface area contributed by atoms with Gasteiger partial charge in [0.15, 0.2) is 5.82 Å². The molecule has 0 spiro atoms. The summed E-state index contributed by atoms with van der Waals surface area (Å²) in [7, 11) is 1.62. The molecule has 0 unspecified atom stereocenters. The molecule has 2 aromatic rings. The van der Waals surface area contributed by atoms with E-state index in [1.54, 1.807) is 18.4 Å². The topological polar surface area (TPSA) is 35.0 Å². The molecule has 2 aromatic heterocycles. The van der Waals surface area contributed by atoms with Gasteiger partial charge in [0, 0.05) is 16.5 Å². The van der Waals surface area contributed by atoms with E-state index in [4.69, 9.17) is 16.3 Å². The molecule has 0 amide bonds. The fourth-order valence-corrected chi connectivity index (χ4v) is 3.33. The smallest absolute Gasteiger partial charge is 0.171 e. The molecule has 2 heterocycles. The van der Waals surface area contributed by atoms with Crippen molar-refractivity contribution in [2.45, 2.75) is 13.5 Å². The fourth-order valence-electron chi connectivity index (χ4n) is 1.38. The second-order valence-corrected chi connectivity index (χ2v) is 6.81. The van der Waals surface area contributed by atoms with Crippen LogP contribution in [-0.4, -0.2) is 17.1 Å². The minimum atomic E-state index is 0.390. The second-order valence-electron chi connectivity index (χ2n) is 3.55. The number of aromatic nitrogens is 2. The lowest BCUT2D eigenvalue weighted by molar-refractivity contribution is 0.181. The van der Waals surface area contributed by atoms with E-state index in [0.717, 1.165) is 15.0 Å².